The maximum Gasteiger partial charge on any atom is 5.00 e. The van der Waals surface area contributed by atoms with Crippen molar-refractivity contribution in [1.29, 1.82) is 0 Å². The molecule has 6 aromatic carbocycles. The monoisotopic (exact) mass is 1370 g/mol. The summed E-state index contributed by atoms with van der Waals surface area (Å²) in [6.07, 6.45) is 0. The molecule has 0 fully saturated rings. The summed E-state index contributed by atoms with van der Waals surface area (Å²) in [5.74, 6) is 0. The zero-order valence-electron chi connectivity index (χ0n) is 34.7. The normalized spacial score (nSPS) is 6.77. The Morgan fingerprint density at radius 1 is 0.306 bits per heavy atom. The number of thiol groups is 8. The first kappa shape index (κ1) is 121. The summed E-state index contributed by atoms with van der Waals surface area (Å²) in [5, 5.41) is 0. The second-order valence-electron chi connectivity index (χ2n) is 8.83. The number of hydrogen-bond donors (Lipinski definition) is 0. The van der Waals surface area contributed by atoms with Crippen LogP contribution < -0.4 is 0 Å². The van der Waals surface area contributed by atoms with Gasteiger partial charge in [-0.25, -0.2) is 70.1 Å². The molecular weight excluding hydrogens is 1310 g/mol. The predicted molar refractivity (Wildman–Crippen MR) is 285 cm³/mol. The van der Waals surface area contributed by atoms with Gasteiger partial charge in [0.15, 0.2) is 0 Å². The van der Waals surface area contributed by atoms with Gasteiger partial charge in [-0.1, -0.05) is 27.7 Å². The smallest absolute Gasteiger partial charge is 0.813 e. The van der Waals surface area contributed by atoms with Crippen molar-refractivity contribution in [3.05, 3.63) is 182 Å². The maximum absolute atomic E-state index is 4.84. The van der Waals surface area contributed by atoms with Crippen LogP contribution in [0.1, 0.15) is 27.7 Å². The first-order valence-electron chi connectivity index (χ1n) is 15.6. The van der Waals surface area contributed by atoms with E-state index < -0.39 is 0 Å². The van der Waals surface area contributed by atoms with Crippen molar-refractivity contribution in [2.75, 3.05) is 26.2 Å². The topological polar surface area (TPSA) is 6.48 Å². The van der Waals surface area contributed by atoms with Crippen LogP contribution in [0.3, 0.4) is 0 Å². The SMILES string of the molecule is CCN(CC)C([S-])[S-].CCN(CC)C([S-])[S-].[Cr+5].[Cr+5].[Cr+5].[Cr+5].[Cr+5].[Cr+5].[Cr].[Cr].[SH-].[SH-].[SH-].[SH-].[SH-].[SH-].[SH-].[SH-].[cH-]1[cH-][cH-][cH-][cH-]1.c1cc[cH-]c1.c1cc[cH-]c1.c1cc[cH-]c1.c1cc[cH-]c1.c1cc[cH-]c1. The second-order valence-corrected chi connectivity index (χ2v) is 11.2. The zero-order valence-corrected chi connectivity index (χ0v) is 55.3. The molecule has 0 heterocycles. The van der Waals surface area contributed by atoms with Gasteiger partial charge in [0, 0.05) is 34.7 Å². The Hall–Kier alpha value is 4.48. The van der Waals surface area contributed by atoms with Gasteiger partial charge in [0.1, 0.15) is 0 Å². The van der Waals surface area contributed by atoms with Crippen LogP contribution in [-0.4, -0.2) is 45.4 Å². The quantitative estimate of drug-likeness (QED) is 0.0917. The standard InChI is InChI=1S/2C5H13NS2.6C5H5.8Cr.8H2S/c2*1-3-6(4-2)5(7)8;6*1-2-4-5-3-1;;;;;;;;;;;;;;;;/h2*5,7-8H,3-4H2,1-2H3;6*1-5H;;;;;;;;;8*1H2/q;;-5;5*-1;;;6*+5;;;;;;;;/p-12. The van der Waals surface area contributed by atoms with Crippen LogP contribution in [0.25, 0.3) is 0 Å². The predicted octanol–water partition coefficient (Wildman–Crippen LogP) is 7.66. The molecule has 0 aliphatic carbocycles. The maximum atomic E-state index is 4.84. The van der Waals surface area contributed by atoms with Crippen molar-refractivity contribution in [1.82, 2.24) is 9.80 Å². The average Bonchev–Trinajstić information content (AvgIpc) is 3.96. The molecule has 0 aromatic heterocycles. The average molecular weight is 1370 g/mol. The van der Waals surface area contributed by atoms with E-state index in [4.69, 9.17) is 50.5 Å². The Kier molecular flexibility index (Phi) is 209. The molecule has 6 radical (unpaired) electrons. The molecule has 0 unspecified atom stereocenters. The van der Waals surface area contributed by atoms with Crippen LogP contribution in [-0.2, 0) is 297 Å². The summed E-state index contributed by atoms with van der Waals surface area (Å²) in [6, 6.07) is 60.0. The van der Waals surface area contributed by atoms with E-state index in [2.05, 4.69) is 27.7 Å². The van der Waals surface area contributed by atoms with Crippen molar-refractivity contribution < 1.29 is 139 Å². The summed E-state index contributed by atoms with van der Waals surface area (Å²) in [5.41, 5.74) is 0. The van der Waals surface area contributed by atoms with Crippen molar-refractivity contribution in [2.45, 2.75) is 37.1 Å². The van der Waals surface area contributed by atoms with Crippen molar-refractivity contribution in [3.63, 3.8) is 0 Å². The molecule has 62 heavy (non-hydrogen) atoms. The van der Waals surface area contributed by atoms with Gasteiger partial charge in [0.25, 0.3) is 0 Å². The molecule has 0 saturated carbocycles. The van der Waals surface area contributed by atoms with Gasteiger partial charge in [0.05, 0.1) is 0 Å². The molecule has 2 nitrogen and oxygen atoms in total. The molecular formula is C40H60Cr8N2S12+8. The van der Waals surface area contributed by atoms with E-state index in [0.717, 1.165) is 26.2 Å². The van der Waals surface area contributed by atoms with Crippen molar-refractivity contribution in [2.24, 2.45) is 0 Å². The number of nitrogens with zero attached hydrogens (tertiary/aromatic N) is 2. The van der Waals surface area contributed by atoms with Gasteiger partial charge in [-0.3, -0.25) is 0 Å². The molecule has 6 aromatic rings. The Morgan fingerprint density at radius 3 is 0.452 bits per heavy atom. The minimum atomic E-state index is -0.120. The Bertz CT molecular complexity index is 854. The third-order valence-electron chi connectivity index (χ3n) is 5.55. The number of hydrogen-bond acceptors (Lipinski definition) is 14. The zero-order chi connectivity index (χ0) is 34.4. The summed E-state index contributed by atoms with van der Waals surface area (Å²) >= 11 is 19.4. The first-order chi connectivity index (χ1) is 22.4. The molecule has 0 spiro atoms. The molecule has 0 atom stereocenters. The molecule has 0 aliphatic heterocycles. The van der Waals surface area contributed by atoms with Crippen LogP contribution in [0.5, 0.6) is 0 Å². The summed E-state index contributed by atoms with van der Waals surface area (Å²) in [6.45, 7) is 12.1. The van der Waals surface area contributed by atoms with E-state index in [1.165, 1.54) is 0 Å². The molecule has 342 valence electrons. The molecule has 0 aliphatic rings. The molecule has 0 saturated heterocycles. The molecule has 22 heteroatoms. The van der Waals surface area contributed by atoms with Gasteiger partial charge < -0.3 is 199 Å². The summed E-state index contributed by atoms with van der Waals surface area (Å²) < 4.78 is -0.241. The van der Waals surface area contributed by atoms with Crippen LogP contribution in [0.15, 0.2) is 182 Å². The molecule has 0 N–H and O–H groups in total. The molecule has 6 rings (SSSR count). The molecule has 0 bridgehead atoms. The van der Waals surface area contributed by atoms with Gasteiger partial charge in [0.2, 0.25) is 0 Å². The third kappa shape index (κ3) is 102. The van der Waals surface area contributed by atoms with Gasteiger partial charge in [-0.2, -0.15) is 91.0 Å². The van der Waals surface area contributed by atoms with E-state index >= 15 is 0 Å². The van der Waals surface area contributed by atoms with Gasteiger partial charge >= 0.3 is 104 Å². The number of rotatable bonds is 6. The fraction of sp³-hybridized carbons (Fsp3) is 0.250. The van der Waals surface area contributed by atoms with Crippen LogP contribution in [0.4, 0.5) is 0 Å². The van der Waals surface area contributed by atoms with Crippen molar-refractivity contribution in [3.8, 4) is 0 Å². The Balaban J connectivity index is -0.0000000216. The third-order valence-corrected chi connectivity index (χ3v) is 6.75. The van der Waals surface area contributed by atoms with E-state index in [9.17, 15) is 0 Å². The first-order valence-corrected chi connectivity index (χ1v) is 17.4. The fourth-order valence-corrected chi connectivity index (χ4v) is 4.16. The van der Waals surface area contributed by atoms with Gasteiger partial charge in [-0.05, 0) is 26.2 Å². The van der Waals surface area contributed by atoms with Crippen LogP contribution >= 0.6 is 0 Å². The Labute approximate surface area is 544 Å². The van der Waals surface area contributed by atoms with E-state index in [-0.39, 0.29) is 256 Å². The van der Waals surface area contributed by atoms with E-state index in [1.807, 2.05) is 192 Å². The van der Waals surface area contributed by atoms with Gasteiger partial charge in [-0.15, -0.1) is 0 Å². The second kappa shape index (κ2) is 107. The minimum absolute atomic E-state index is 0. The fourth-order valence-electron chi connectivity index (χ4n) is 2.97. The summed E-state index contributed by atoms with van der Waals surface area (Å²) in [7, 11) is 0. The summed E-state index contributed by atoms with van der Waals surface area (Å²) in [4.78, 5) is 4.09. The van der Waals surface area contributed by atoms with Crippen LogP contribution in [0, 0.1) is 0 Å². The van der Waals surface area contributed by atoms with E-state index in [1.54, 1.807) is 0 Å². The minimum Gasteiger partial charge on any atom is -0.813 e. The molecule has 0 amide bonds. The van der Waals surface area contributed by atoms with Crippen molar-refractivity contribution >= 4 is 158 Å². The largest absolute Gasteiger partial charge is 5.00 e. The Morgan fingerprint density at radius 2 is 0.419 bits per heavy atom. The van der Waals surface area contributed by atoms with Crippen LogP contribution in [0.2, 0.25) is 0 Å². The van der Waals surface area contributed by atoms with E-state index in [0.29, 0.717) is 0 Å².